The van der Waals surface area contributed by atoms with Gasteiger partial charge < -0.3 is 131 Å². The molecule has 0 unspecified atom stereocenters. The number of carbonyl (C=O) groups is 20. The third kappa shape index (κ3) is 37.1. The van der Waals surface area contributed by atoms with Crippen LogP contribution in [0.4, 0.5) is 4.79 Å². The van der Waals surface area contributed by atoms with E-state index in [0.29, 0.717) is 27.3 Å². The van der Waals surface area contributed by atoms with E-state index in [1.165, 1.54) is 41.2 Å². The SMILES string of the molecule is CCC[C@@H]1NC(=O)[C@H](CCC(=O)O)NC(=O)CNC(=O)[C@H](CC(C)C)NC(=O)[C@H](Cc2c[nH]cn2)NC(=O)[C@@H]2CCc3cn(nn3)CCCC[C@H](NC1=O)C(=O)N[C@@H](Cc1c[nH]c3ccccc13)C(=O)N[C@H](C(=O)N[C@H](C(N)=O)[C@@H](C)O)CSSC[C@H](NC(=O)[C@H](CC(=O)O)NC(=O)CCOCc1cn(CCCC[C@H](NC(=O)N[C@@H](CCC(=O)O)C(=O)O)C(=O)O)nn1)C(=O)N[C@@H](C)C(=O)N2. The zero-order valence-corrected chi connectivity index (χ0v) is 76.7. The molecule has 6 heterocycles. The molecule has 0 aliphatic carbocycles. The van der Waals surface area contributed by atoms with Crippen molar-refractivity contribution in [3.63, 3.8) is 0 Å². The third-order valence-electron chi connectivity index (χ3n) is 21.3. The summed E-state index contributed by atoms with van der Waals surface area (Å²) in [5.41, 5.74) is 7.31. The minimum atomic E-state index is -1.98. The van der Waals surface area contributed by atoms with Crippen LogP contribution < -0.4 is 85.5 Å². The van der Waals surface area contributed by atoms with Crippen molar-refractivity contribution >= 4 is 151 Å². The monoisotopic (exact) mass is 1950 g/mol. The summed E-state index contributed by atoms with van der Waals surface area (Å²) in [6.45, 7) is 6.07. The number of carbonyl (C=O) groups excluding carboxylic acids is 15. The molecule has 25 N–H and O–H groups in total. The molecule has 15 atom stereocenters. The van der Waals surface area contributed by atoms with E-state index < -0.39 is 266 Å². The number of H-pyrrole nitrogens is 2. The average molecular weight is 1950 g/mol. The second-order valence-electron chi connectivity index (χ2n) is 32.8. The van der Waals surface area contributed by atoms with Crippen LogP contribution >= 0.6 is 21.6 Å². The van der Waals surface area contributed by atoms with E-state index >= 15 is 14.4 Å². The van der Waals surface area contributed by atoms with E-state index in [4.69, 9.17) is 15.6 Å². The minimum Gasteiger partial charge on any atom is -0.481 e. The second kappa shape index (κ2) is 55.0. The van der Waals surface area contributed by atoms with E-state index in [1.54, 1.807) is 51.2 Å². The van der Waals surface area contributed by atoms with Crippen molar-refractivity contribution in [2.24, 2.45) is 11.7 Å². The first-order valence-corrected chi connectivity index (χ1v) is 46.3. The number of benzene rings is 1. The van der Waals surface area contributed by atoms with Gasteiger partial charge in [0, 0.05) is 86.2 Å². The highest BCUT2D eigenvalue weighted by Gasteiger charge is 2.39. The molecule has 16 amide bonds. The number of nitrogens with zero attached hydrogens (tertiary/aromatic N) is 7. The first-order chi connectivity index (χ1) is 64.6. The molecule has 4 aromatic heterocycles. The molecule has 136 heavy (non-hydrogen) atoms. The average Bonchev–Trinajstić information content (AvgIpc) is 1.66. The van der Waals surface area contributed by atoms with Crippen LogP contribution in [0.5, 0.6) is 0 Å². The molecule has 0 fully saturated rings. The number of aryl methyl sites for hydroxylation is 3. The number of amides is 16. The van der Waals surface area contributed by atoms with Crippen molar-refractivity contribution in [1.82, 2.24) is 125 Å². The number of aliphatic hydroxyl groups excluding tert-OH is 1. The van der Waals surface area contributed by atoms with Gasteiger partial charge in [0.25, 0.3) is 0 Å². The Balaban J connectivity index is 1.24. The van der Waals surface area contributed by atoms with Gasteiger partial charge in [0.15, 0.2) is 0 Å². The number of nitrogens with two attached hydrogens (primary N) is 1. The van der Waals surface area contributed by atoms with Crippen molar-refractivity contribution in [3.8, 4) is 0 Å². The first kappa shape index (κ1) is 109. The van der Waals surface area contributed by atoms with Crippen LogP contribution in [-0.4, -0.2) is 310 Å². The standard InChI is InChI=1S/C82H117N25O27S2/c1-6-13-50-71(120)93-51-16-9-11-25-106-35-45(102-104-106)18-19-53(74(123)96-58(30-46-33-84-40-87-46)76(125)94-56(28-41(2)3)70(119)86-34-63(110)89-52(73(122)92-50)20-22-64(111)112)91-69(118)42(4)88-78(127)60(38-135-136-39-61(79(128)101-67(43(5)108)68(83)117)98-75(124)57(95-72(51)121)29-44-32-85-49-15-8-7-14-48(44)49)97-77(126)59(31-66(115)116)90-62(109)24-27-134-37-47-36-107(105-103-47)26-12-10-17-54(80(129)130)99-82(133)100-55(81(131)132)21-23-65(113)114/h7-8,14-15,32-33,35-36,40-43,50-61,67,85,108H,6,9-13,16-31,34,37-39H2,1-5H3,(H2,83,117)(H,84,87)(H,86,119)(H,88,127)(H,89,110)(H,90,109)(H,91,118)(H,92,122)(H,93,120)(H,94,125)(H,95,121)(H,96,123)(H,97,126)(H,98,124)(H,101,128)(H,111,112)(H,113,114)(H,115,116)(H,129,130)(H,131,132)(H2,99,100,133)/t42-,43+,50-,51-,52-,53-,54-,55-,56-,57-,58-,59-,60-,61-,67-/m0/s1. The number of primary amides is 1. The predicted molar refractivity (Wildman–Crippen MR) is 477 cm³/mol. The minimum absolute atomic E-state index is 0.0662. The van der Waals surface area contributed by atoms with Crippen LogP contribution in [0.15, 0.2) is 55.4 Å². The Bertz CT molecular complexity index is 5010. The molecule has 744 valence electrons. The van der Waals surface area contributed by atoms with Crippen molar-refractivity contribution in [2.75, 3.05) is 24.7 Å². The third-order valence-corrected chi connectivity index (χ3v) is 23.7. The van der Waals surface area contributed by atoms with Gasteiger partial charge >= 0.3 is 35.9 Å². The fraction of sp³-hybridized carbons (Fsp3) is 0.573. The fourth-order valence-corrected chi connectivity index (χ4v) is 16.4. The number of urea groups is 1. The molecule has 0 saturated heterocycles. The lowest BCUT2D eigenvalue weighted by molar-refractivity contribution is -0.142. The number of hydrogen-bond donors (Lipinski definition) is 24. The maximum Gasteiger partial charge on any atom is 0.326 e. The van der Waals surface area contributed by atoms with Gasteiger partial charge in [0.05, 0.1) is 56.2 Å². The zero-order valence-electron chi connectivity index (χ0n) is 75.1. The highest BCUT2D eigenvalue weighted by atomic mass is 33.1. The fourth-order valence-electron chi connectivity index (χ4n) is 14.0. The number of carboxylic acid groups (broad SMARTS) is 5. The Kier molecular flexibility index (Phi) is 44.2. The summed E-state index contributed by atoms with van der Waals surface area (Å²) in [5, 5.41) is 113. The van der Waals surface area contributed by atoms with Gasteiger partial charge in [-0.25, -0.2) is 19.4 Å². The number of para-hydroxylation sites is 1. The Labute approximate surface area is 784 Å². The molecule has 52 nitrogen and oxygen atoms in total. The summed E-state index contributed by atoms with van der Waals surface area (Å²) < 4.78 is 8.42. The van der Waals surface area contributed by atoms with Gasteiger partial charge in [0.1, 0.15) is 90.3 Å². The molecular weight excluding hydrogens is 1830 g/mol. The number of aliphatic carboxylic acids is 5. The predicted octanol–water partition coefficient (Wildman–Crippen LogP) is -5.08. The highest BCUT2D eigenvalue weighted by Crippen LogP contribution is 2.26. The normalized spacial score (nSPS) is 21.6. The molecule has 54 heteroatoms. The molecule has 0 spiro atoms. The zero-order chi connectivity index (χ0) is 99.8. The maximum absolute atomic E-state index is 15.4. The molecule has 7 rings (SSSR count). The Morgan fingerprint density at radius 3 is 1.91 bits per heavy atom. The Morgan fingerprint density at radius 2 is 1.25 bits per heavy atom. The Hall–Kier alpha value is -13.9. The lowest BCUT2D eigenvalue weighted by atomic mass is 10.0. The number of unbranched alkanes of at least 4 members (excludes halogenated alkanes) is 1. The smallest absolute Gasteiger partial charge is 0.326 e. The van der Waals surface area contributed by atoms with Crippen LogP contribution in [0.25, 0.3) is 10.9 Å². The summed E-state index contributed by atoms with van der Waals surface area (Å²) in [7, 11) is 1.42. The van der Waals surface area contributed by atoms with E-state index in [1.807, 2.05) is 5.32 Å². The van der Waals surface area contributed by atoms with Crippen LogP contribution in [0.2, 0.25) is 0 Å². The Morgan fingerprint density at radius 1 is 0.610 bits per heavy atom. The quantitative estimate of drug-likeness (QED) is 0.0131. The highest BCUT2D eigenvalue weighted by molar-refractivity contribution is 8.76. The van der Waals surface area contributed by atoms with Gasteiger partial charge in [-0.05, 0) is 108 Å². The van der Waals surface area contributed by atoms with Crippen LogP contribution in [0.3, 0.4) is 0 Å². The topological polar surface area (TPSA) is 784 Å². The maximum atomic E-state index is 15.4. The van der Waals surface area contributed by atoms with E-state index in [2.05, 4.69) is 110 Å². The summed E-state index contributed by atoms with van der Waals surface area (Å²) in [6, 6.07) is -17.9. The van der Waals surface area contributed by atoms with Crippen LogP contribution in [-0.2, 0) is 135 Å². The number of ether oxygens (including phenoxy) is 1. The second-order valence-corrected chi connectivity index (χ2v) is 35.3. The lowest BCUT2D eigenvalue weighted by Crippen LogP contribution is -2.61. The van der Waals surface area contributed by atoms with Gasteiger partial charge in [0.2, 0.25) is 82.7 Å². The number of aromatic amines is 2. The van der Waals surface area contributed by atoms with Crippen molar-refractivity contribution in [3.05, 3.63) is 78.0 Å². The summed E-state index contributed by atoms with van der Waals surface area (Å²) in [5.74, 6) is -24.0. The van der Waals surface area contributed by atoms with Crippen LogP contribution in [0, 0.1) is 5.92 Å². The number of aliphatic hydroxyl groups is 1. The molecule has 2 aliphatic rings. The number of hydrogen-bond acceptors (Lipinski definition) is 29. The molecule has 0 saturated carbocycles. The number of imidazole rings is 1. The van der Waals surface area contributed by atoms with E-state index in [-0.39, 0.29) is 133 Å². The molecule has 4 bridgehead atoms. The molecule has 5 aromatic rings. The van der Waals surface area contributed by atoms with Gasteiger partial charge in [-0.15, -0.1) is 10.2 Å². The summed E-state index contributed by atoms with van der Waals surface area (Å²) in [4.78, 5) is 285. The number of rotatable bonds is 37. The summed E-state index contributed by atoms with van der Waals surface area (Å²) >= 11 is 0. The van der Waals surface area contributed by atoms with Gasteiger partial charge in [-0.1, -0.05) is 77.4 Å². The van der Waals surface area contributed by atoms with E-state index in [0.717, 1.165) is 17.7 Å². The van der Waals surface area contributed by atoms with Crippen molar-refractivity contribution in [1.29, 1.82) is 0 Å². The number of carboxylic acids is 5. The van der Waals surface area contributed by atoms with Crippen molar-refractivity contribution < 1.29 is 131 Å². The van der Waals surface area contributed by atoms with Crippen molar-refractivity contribution in [2.45, 2.75) is 267 Å². The molecule has 0 radical (unpaired) electrons. The first-order valence-electron chi connectivity index (χ1n) is 43.8. The molecule has 2 aliphatic heterocycles. The van der Waals surface area contributed by atoms with Gasteiger partial charge in [-0.3, -0.25) is 90.9 Å². The number of nitrogens with one attached hydrogen (secondary N) is 17. The number of aromatic nitrogens is 9. The number of fused-ring (bicyclic) bond motifs is 7. The molecular formula is C82H117N25O27S2. The lowest BCUT2D eigenvalue weighted by Gasteiger charge is -2.28. The largest absolute Gasteiger partial charge is 0.481 e. The molecule has 1 aromatic carbocycles. The van der Waals surface area contributed by atoms with Gasteiger partial charge in [-0.2, -0.15) is 0 Å². The van der Waals surface area contributed by atoms with Crippen LogP contribution in [0.1, 0.15) is 160 Å². The van der Waals surface area contributed by atoms with E-state index in [9.17, 15) is 107 Å². The summed E-state index contributed by atoms with van der Waals surface area (Å²) in [6.07, 6.45) is 0.708.